The van der Waals surface area contributed by atoms with Gasteiger partial charge >= 0.3 is 0 Å². The highest BCUT2D eigenvalue weighted by Crippen LogP contribution is 2.26. The summed E-state index contributed by atoms with van der Waals surface area (Å²) in [4.78, 5) is 2.12. The highest BCUT2D eigenvalue weighted by molar-refractivity contribution is 5.84. The first-order valence-corrected chi connectivity index (χ1v) is 3.83. The van der Waals surface area contributed by atoms with Crippen LogP contribution in [0.15, 0.2) is 6.07 Å². The van der Waals surface area contributed by atoms with Gasteiger partial charge in [-0.1, -0.05) is 0 Å². The van der Waals surface area contributed by atoms with Crippen molar-refractivity contribution in [2.24, 2.45) is 0 Å². The Morgan fingerprint density at radius 2 is 1.71 bits per heavy atom. The average Bonchev–Trinajstić information content (AvgIpc) is 2.39. The molecule has 1 aromatic heterocycles. The molecular weight excluding hydrogens is 198 g/mol. The Kier molecular flexibility index (Phi) is 1.77. The van der Waals surface area contributed by atoms with Crippen molar-refractivity contribution in [1.29, 1.82) is 0 Å². The number of nitrogens with one attached hydrogen (secondary N) is 1. The maximum atomic E-state index is 13.1. The van der Waals surface area contributed by atoms with Crippen molar-refractivity contribution in [1.82, 2.24) is 4.98 Å². The number of aromatic amines is 1. The molecule has 0 bridgehead atoms. The molecule has 0 aliphatic carbocycles. The van der Waals surface area contributed by atoms with Crippen LogP contribution in [0.2, 0.25) is 0 Å². The number of H-pyrrole nitrogens is 1. The normalized spacial score (nSPS) is 11.2. The van der Waals surface area contributed by atoms with Crippen molar-refractivity contribution in [2.75, 3.05) is 0 Å². The number of hydrogen-bond donors (Lipinski definition) is 1. The molecule has 0 saturated heterocycles. The van der Waals surface area contributed by atoms with Crippen LogP contribution in [-0.2, 0) is 0 Å². The Balaban J connectivity index is 2.99. The molecule has 0 radical (unpaired) electrons. The fraction of sp³-hybridized carbons (Fsp3) is 0.111. The van der Waals surface area contributed by atoms with Crippen LogP contribution in [0.4, 0.5) is 17.6 Å². The highest BCUT2D eigenvalue weighted by Gasteiger charge is 2.18. The van der Waals surface area contributed by atoms with Gasteiger partial charge in [0.05, 0.1) is 5.52 Å². The molecule has 2 aromatic rings. The smallest absolute Gasteiger partial charge is 0.195 e. The molecule has 0 spiro atoms. The number of aryl methyl sites for hydroxylation is 1. The van der Waals surface area contributed by atoms with Gasteiger partial charge in [0.25, 0.3) is 0 Å². The molecular formula is C9H5F4N. The molecule has 2 rings (SSSR count). The van der Waals surface area contributed by atoms with Gasteiger partial charge in [0.1, 0.15) is 0 Å². The molecule has 1 nitrogen and oxygen atoms in total. The van der Waals surface area contributed by atoms with Gasteiger partial charge in [0, 0.05) is 17.0 Å². The van der Waals surface area contributed by atoms with Gasteiger partial charge in [0.15, 0.2) is 23.4 Å². The second-order valence-corrected chi connectivity index (χ2v) is 2.97. The van der Waals surface area contributed by atoms with Crippen LogP contribution in [0.1, 0.15) is 5.56 Å². The average molecular weight is 203 g/mol. The van der Waals surface area contributed by atoms with Gasteiger partial charge in [-0.3, -0.25) is 0 Å². The molecule has 1 aromatic carbocycles. The van der Waals surface area contributed by atoms with E-state index in [1.165, 1.54) is 6.92 Å². The van der Waals surface area contributed by atoms with E-state index < -0.39 is 23.4 Å². The van der Waals surface area contributed by atoms with Crippen molar-refractivity contribution >= 4 is 10.9 Å². The van der Waals surface area contributed by atoms with E-state index >= 15 is 0 Å². The van der Waals surface area contributed by atoms with E-state index in [9.17, 15) is 17.6 Å². The zero-order valence-corrected chi connectivity index (χ0v) is 7.09. The van der Waals surface area contributed by atoms with Crippen LogP contribution in [0, 0.1) is 30.3 Å². The molecule has 74 valence electrons. The summed E-state index contributed by atoms with van der Waals surface area (Å²) in [7, 11) is 0. The first-order chi connectivity index (χ1) is 6.52. The largest absolute Gasteiger partial charge is 0.331 e. The van der Waals surface area contributed by atoms with Gasteiger partial charge in [-0.2, -0.15) is 4.39 Å². The topological polar surface area (TPSA) is 15.8 Å². The minimum atomic E-state index is -1.58. The minimum absolute atomic E-state index is 0.0589. The zero-order chi connectivity index (χ0) is 10.5. The van der Waals surface area contributed by atoms with E-state index in [2.05, 4.69) is 4.98 Å². The molecule has 0 atom stereocenters. The van der Waals surface area contributed by atoms with Gasteiger partial charge in [-0.05, 0) is 6.92 Å². The summed E-state index contributed by atoms with van der Waals surface area (Å²) in [5, 5.41) is -0.249. The quantitative estimate of drug-likeness (QED) is 0.500. The summed E-state index contributed by atoms with van der Waals surface area (Å²) < 4.78 is 51.5. The molecule has 0 aliphatic rings. The van der Waals surface area contributed by atoms with Crippen molar-refractivity contribution < 1.29 is 17.6 Å². The van der Waals surface area contributed by atoms with Crippen LogP contribution >= 0.6 is 0 Å². The van der Waals surface area contributed by atoms with Crippen LogP contribution in [0.3, 0.4) is 0 Å². The van der Waals surface area contributed by atoms with E-state index in [0.29, 0.717) is 0 Å². The lowest BCUT2D eigenvalue weighted by molar-refractivity contribution is 0.453. The van der Waals surface area contributed by atoms with E-state index in [4.69, 9.17) is 0 Å². The van der Waals surface area contributed by atoms with Crippen LogP contribution < -0.4 is 0 Å². The zero-order valence-electron chi connectivity index (χ0n) is 7.09. The summed E-state index contributed by atoms with van der Waals surface area (Å²) in [5.41, 5.74) is -0.146. The Morgan fingerprint density at radius 1 is 1.07 bits per heavy atom. The predicted octanol–water partition coefficient (Wildman–Crippen LogP) is 3.03. The lowest BCUT2D eigenvalue weighted by Crippen LogP contribution is -1.91. The fourth-order valence-corrected chi connectivity index (χ4v) is 1.38. The summed E-state index contributed by atoms with van der Waals surface area (Å²) in [6.45, 7) is 1.29. The summed E-state index contributed by atoms with van der Waals surface area (Å²) in [5.74, 6) is -5.07. The maximum Gasteiger partial charge on any atom is 0.195 e. The third-order valence-electron chi connectivity index (χ3n) is 2.11. The van der Waals surface area contributed by atoms with E-state index in [0.717, 1.165) is 6.07 Å². The lowest BCUT2D eigenvalue weighted by atomic mass is 10.1. The molecule has 0 amide bonds. The molecule has 0 aliphatic heterocycles. The van der Waals surface area contributed by atoms with Crippen molar-refractivity contribution in [3.8, 4) is 0 Å². The molecule has 1 heterocycles. The maximum absolute atomic E-state index is 13.1. The molecule has 0 saturated carbocycles. The van der Waals surface area contributed by atoms with Crippen LogP contribution in [0.25, 0.3) is 10.9 Å². The van der Waals surface area contributed by atoms with Crippen molar-refractivity contribution in [3.05, 3.63) is 35.0 Å². The van der Waals surface area contributed by atoms with E-state index in [-0.39, 0.29) is 16.5 Å². The number of halogens is 4. The van der Waals surface area contributed by atoms with Crippen molar-refractivity contribution in [2.45, 2.75) is 6.92 Å². The third kappa shape index (κ3) is 1.01. The number of aromatic nitrogens is 1. The Labute approximate surface area is 76.3 Å². The Morgan fingerprint density at radius 3 is 2.36 bits per heavy atom. The number of rotatable bonds is 0. The van der Waals surface area contributed by atoms with Gasteiger partial charge in [-0.25, -0.2) is 13.2 Å². The molecule has 5 heteroatoms. The van der Waals surface area contributed by atoms with E-state index in [1.807, 2.05) is 0 Å². The molecule has 14 heavy (non-hydrogen) atoms. The van der Waals surface area contributed by atoms with Gasteiger partial charge in [-0.15, -0.1) is 0 Å². The molecule has 1 N–H and O–H groups in total. The predicted molar refractivity (Wildman–Crippen MR) is 42.9 cm³/mol. The Bertz CT molecular complexity index is 515. The lowest BCUT2D eigenvalue weighted by Gasteiger charge is -1.97. The highest BCUT2D eigenvalue weighted by atomic mass is 19.2. The van der Waals surface area contributed by atoms with Gasteiger partial charge < -0.3 is 4.98 Å². The fourth-order valence-electron chi connectivity index (χ4n) is 1.38. The second-order valence-electron chi connectivity index (χ2n) is 2.97. The van der Waals surface area contributed by atoms with Crippen LogP contribution in [-0.4, -0.2) is 4.98 Å². The number of hydrogen-bond acceptors (Lipinski definition) is 0. The first kappa shape index (κ1) is 9.05. The minimum Gasteiger partial charge on any atom is -0.331 e. The van der Waals surface area contributed by atoms with Crippen LogP contribution in [0.5, 0.6) is 0 Å². The van der Waals surface area contributed by atoms with E-state index in [1.54, 1.807) is 0 Å². The second kappa shape index (κ2) is 2.73. The summed E-state index contributed by atoms with van der Waals surface area (Å²) in [6, 6.07) is 0.726. The molecule has 0 unspecified atom stereocenters. The first-order valence-electron chi connectivity index (χ1n) is 3.83. The van der Waals surface area contributed by atoms with Crippen molar-refractivity contribution in [3.63, 3.8) is 0 Å². The Hall–Kier alpha value is -1.52. The van der Waals surface area contributed by atoms with Gasteiger partial charge in [0.2, 0.25) is 0 Å². The molecule has 0 fully saturated rings. The number of fused-ring (bicyclic) bond motifs is 1. The summed E-state index contributed by atoms with van der Waals surface area (Å²) >= 11 is 0. The number of benzene rings is 1. The monoisotopic (exact) mass is 203 g/mol. The third-order valence-corrected chi connectivity index (χ3v) is 2.11. The summed E-state index contributed by atoms with van der Waals surface area (Å²) in [6.07, 6.45) is 0. The standard InChI is InChI=1S/C9H5F4N/c1-3-6-5(14-9(3)13)2-4(10)7(11)8(6)12/h2,14H,1H3. The SMILES string of the molecule is Cc1c(F)[nH]c2cc(F)c(F)c(F)c12.